The highest BCUT2D eigenvalue weighted by atomic mass is 16.5. The average molecular weight is 281 g/mol. The van der Waals surface area contributed by atoms with Gasteiger partial charge < -0.3 is 14.4 Å². The monoisotopic (exact) mass is 281 g/mol. The number of amides is 1. The van der Waals surface area contributed by atoms with Crippen LogP contribution in [0.1, 0.15) is 26.7 Å². The second-order valence-corrected chi connectivity index (χ2v) is 5.58. The van der Waals surface area contributed by atoms with Crippen molar-refractivity contribution < 1.29 is 19.1 Å². The van der Waals surface area contributed by atoms with Crippen LogP contribution >= 0.6 is 0 Å². The molecule has 2 rings (SSSR count). The number of nitrogens with zero attached hydrogens (tertiary/aromatic N) is 1. The molecule has 0 aromatic heterocycles. The summed E-state index contributed by atoms with van der Waals surface area (Å²) in [7, 11) is 0. The maximum atomic E-state index is 12.6. The summed E-state index contributed by atoms with van der Waals surface area (Å²) >= 11 is 0. The highest BCUT2D eigenvalue weighted by Gasteiger charge is 2.37. The van der Waals surface area contributed by atoms with E-state index < -0.39 is 0 Å². The fraction of sp³-hybridized carbons (Fsp3) is 0.733. The van der Waals surface area contributed by atoms with Gasteiger partial charge in [0.25, 0.3) is 0 Å². The fourth-order valence-corrected chi connectivity index (χ4v) is 2.69. The van der Waals surface area contributed by atoms with Crippen LogP contribution in [0.25, 0.3) is 0 Å². The van der Waals surface area contributed by atoms with Gasteiger partial charge in [-0.25, -0.2) is 0 Å². The van der Waals surface area contributed by atoms with Gasteiger partial charge in [-0.2, -0.15) is 0 Å². The van der Waals surface area contributed by atoms with Crippen molar-refractivity contribution in [1.29, 1.82) is 0 Å². The third-order valence-electron chi connectivity index (χ3n) is 3.73. The molecular formula is C15H23NO4. The van der Waals surface area contributed by atoms with E-state index in [-0.39, 0.29) is 29.8 Å². The van der Waals surface area contributed by atoms with Crippen LogP contribution in [0.3, 0.4) is 0 Å². The zero-order valence-electron chi connectivity index (χ0n) is 12.2. The number of hydrogen-bond acceptors (Lipinski definition) is 4. The molecule has 112 valence electrons. The van der Waals surface area contributed by atoms with Gasteiger partial charge in [0.2, 0.25) is 5.91 Å². The first-order valence-corrected chi connectivity index (χ1v) is 7.31. The van der Waals surface area contributed by atoms with Gasteiger partial charge >= 0.3 is 5.97 Å². The predicted molar refractivity (Wildman–Crippen MR) is 74.0 cm³/mol. The Morgan fingerprint density at radius 2 is 1.75 bits per heavy atom. The lowest BCUT2D eigenvalue weighted by molar-refractivity contribution is -0.159. The molecule has 0 spiro atoms. The number of rotatable bonds is 3. The largest absolute Gasteiger partial charge is 0.463 e. The Balaban J connectivity index is 2.04. The molecule has 1 amide bonds. The topological polar surface area (TPSA) is 55.8 Å². The van der Waals surface area contributed by atoms with Crippen LogP contribution in [-0.4, -0.2) is 49.2 Å². The van der Waals surface area contributed by atoms with E-state index in [1.54, 1.807) is 0 Å². The third kappa shape index (κ3) is 3.60. The highest BCUT2D eigenvalue weighted by molar-refractivity contribution is 5.86. The minimum Gasteiger partial charge on any atom is -0.463 e. The number of hydrogen-bond donors (Lipinski definition) is 0. The number of carbonyl (C=O) groups excluding carboxylic acids is 2. The SMILES string of the molecule is CC(C)OC(=O)[C@H]1CC=CC[C@@H]1C(=O)N1CCOCC1. The Bertz CT molecular complexity index is 385. The van der Waals surface area contributed by atoms with Gasteiger partial charge in [-0.3, -0.25) is 9.59 Å². The fourth-order valence-electron chi connectivity index (χ4n) is 2.69. The summed E-state index contributed by atoms with van der Waals surface area (Å²) in [4.78, 5) is 26.5. The van der Waals surface area contributed by atoms with Crippen molar-refractivity contribution in [2.24, 2.45) is 11.8 Å². The first-order chi connectivity index (χ1) is 9.59. The molecule has 2 aliphatic rings. The average Bonchev–Trinajstić information content (AvgIpc) is 2.46. The zero-order chi connectivity index (χ0) is 14.5. The number of esters is 1. The van der Waals surface area contributed by atoms with Gasteiger partial charge in [0.15, 0.2) is 0 Å². The summed E-state index contributed by atoms with van der Waals surface area (Å²) in [6.45, 7) is 6.05. The number of carbonyl (C=O) groups is 2. The van der Waals surface area contributed by atoms with Crippen LogP contribution in [0.15, 0.2) is 12.2 Å². The minimum absolute atomic E-state index is 0.0587. The van der Waals surface area contributed by atoms with Crippen molar-refractivity contribution in [3.05, 3.63) is 12.2 Å². The summed E-state index contributed by atoms with van der Waals surface area (Å²) in [5, 5.41) is 0. The van der Waals surface area contributed by atoms with E-state index in [0.29, 0.717) is 39.1 Å². The van der Waals surface area contributed by atoms with Crippen LogP contribution in [0.4, 0.5) is 0 Å². The van der Waals surface area contributed by atoms with E-state index in [2.05, 4.69) is 0 Å². The van der Waals surface area contributed by atoms with E-state index in [0.717, 1.165) is 0 Å². The molecule has 0 saturated carbocycles. The molecule has 0 unspecified atom stereocenters. The van der Waals surface area contributed by atoms with E-state index in [1.165, 1.54) is 0 Å². The van der Waals surface area contributed by atoms with Crippen LogP contribution < -0.4 is 0 Å². The Labute approximate surface area is 119 Å². The van der Waals surface area contributed by atoms with Gasteiger partial charge in [0.05, 0.1) is 31.2 Å². The molecule has 1 fully saturated rings. The smallest absolute Gasteiger partial charge is 0.310 e. The molecule has 0 bridgehead atoms. The molecule has 1 aliphatic heterocycles. The lowest BCUT2D eigenvalue weighted by atomic mass is 9.82. The highest BCUT2D eigenvalue weighted by Crippen LogP contribution is 2.29. The zero-order valence-corrected chi connectivity index (χ0v) is 12.2. The second kappa shape index (κ2) is 6.88. The standard InChI is InChI=1S/C15H23NO4/c1-11(2)20-15(18)13-6-4-3-5-12(13)14(17)16-7-9-19-10-8-16/h3-4,11-13H,5-10H2,1-2H3/t12-,13-/m0/s1. The molecule has 5 heteroatoms. The van der Waals surface area contributed by atoms with Crippen molar-refractivity contribution in [2.75, 3.05) is 26.3 Å². The molecular weight excluding hydrogens is 258 g/mol. The molecule has 20 heavy (non-hydrogen) atoms. The Hall–Kier alpha value is -1.36. The van der Waals surface area contributed by atoms with Gasteiger partial charge in [-0.05, 0) is 26.7 Å². The number of morpholine rings is 1. The van der Waals surface area contributed by atoms with Crippen LogP contribution in [-0.2, 0) is 19.1 Å². The summed E-state index contributed by atoms with van der Waals surface area (Å²) in [5.41, 5.74) is 0. The number of ether oxygens (including phenoxy) is 2. The van der Waals surface area contributed by atoms with Gasteiger partial charge in [0.1, 0.15) is 0 Å². The minimum atomic E-state index is -0.349. The molecule has 1 aliphatic carbocycles. The van der Waals surface area contributed by atoms with E-state index >= 15 is 0 Å². The van der Waals surface area contributed by atoms with Gasteiger partial charge in [-0.15, -0.1) is 0 Å². The van der Waals surface area contributed by atoms with E-state index in [4.69, 9.17) is 9.47 Å². The van der Waals surface area contributed by atoms with Crippen molar-refractivity contribution in [3.8, 4) is 0 Å². The number of allylic oxidation sites excluding steroid dienone is 2. The van der Waals surface area contributed by atoms with Crippen LogP contribution in [0.5, 0.6) is 0 Å². The normalized spacial score (nSPS) is 26.6. The molecule has 1 saturated heterocycles. The lowest BCUT2D eigenvalue weighted by Crippen LogP contribution is -2.47. The maximum absolute atomic E-state index is 12.6. The van der Waals surface area contributed by atoms with E-state index in [1.807, 2.05) is 30.9 Å². The van der Waals surface area contributed by atoms with Crippen LogP contribution in [0.2, 0.25) is 0 Å². The van der Waals surface area contributed by atoms with Gasteiger partial charge in [0, 0.05) is 13.1 Å². The molecule has 1 heterocycles. The summed E-state index contributed by atoms with van der Waals surface area (Å²) in [6.07, 6.45) is 5.02. The lowest BCUT2D eigenvalue weighted by Gasteiger charge is -2.34. The molecule has 0 radical (unpaired) electrons. The Morgan fingerprint density at radius 1 is 1.15 bits per heavy atom. The third-order valence-corrected chi connectivity index (χ3v) is 3.73. The molecule has 0 aromatic rings. The summed E-state index contributed by atoms with van der Waals surface area (Å²) in [6, 6.07) is 0. The quantitative estimate of drug-likeness (QED) is 0.579. The molecule has 5 nitrogen and oxygen atoms in total. The van der Waals surface area contributed by atoms with Crippen molar-refractivity contribution >= 4 is 11.9 Å². The Kier molecular flexibility index (Phi) is 5.17. The first kappa shape index (κ1) is 15.0. The predicted octanol–water partition coefficient (Wildman–Crippen LogP) is 1.38. The maximum Gasteiger partial charge on any atom is 0.310 e. The van der Waals surface area contributed by atoms with Crippen molar-refractivity contribution in [2.45, 2.75) is 32.8 Å². The summed E-state index contributed by atoms with van der Waals surface area (Å²) in [5.74, 6) is -0.832. The molecule has 2 atom stereocenters. The van der Waals surface area contributed by atoms with Crippen molar-refractivity contribution in [1.82, 2.24) is 4.90 Å². The van der Waals surface area contributed by atoms with Gasteiger partial charge in [-0.1, -0.05) is 12.2 Å². The second-order valence-electron chi connectivity index (χ2n) is 5.58. The van der Waals surface area contributed by atoms with Crippen molar-refractivity contribution in [3.63, 3.8) is 0 Å². The van der Waals surface area contributed by atoms with E-state index in [9.17, 15) is 9.59 Å². The molecule has 0 N–H and O–H groups in total. The van der Waals surface area contributed by atoms with Crippen LogP contribution in [0, 0.1) is 11.8 Å². The Morgan fingerprint density at radius 3 is 2.35 bits per heavy atom. The molecule has 0 aromatic carbocycles. The first-order valence-electron chi connectivity index (χ1n) is 7.31. The summed E-state index contributed by atoms with van der Waals surface area (Å²) < 4.78 is 10.6.